The lowest BCUT2D eigenvalue weighted by Crippen LogP contribution is -2.34. The zero-order chi connectivity index (χ0) is 19.9. The van der Waals surface area contributed by atoms with Crippen LogP contribution >= 0.6 is 0 Å². The Morgan fingerprint density at radius 1 is 1.00 bits per heavy atom. The van der Waals surface area contributed by atoms with Gasteiger partial charge in [-0.2, -0.15) is 0 Å². The van der Waals surface area contributed by atoms with E-state index in [0.717, 1.165) is 0 Å². The molecule has 0 atom stereocenters. The van der Waals surface area contributed by atoms with E-state index in [-0.39, 0.29) is 13.5 Å². The van der Waals surface area contributed by atoms with E-state index in [2.05, 4.69) is 10.6 Å². The van der Waals surface area contributed by atoms with Crippen molar-refractivity contribution in [3.8, 4) is 5.75 Å². The van der Waals surface area contributed by atoms with Crippen molar-refractivity contribution in [1.82, 2.24) is 5.32 Å². The summed E-state index contributed by atoms with van der Waals surface area (Å²) in [5.74, 6) is -0.584. The van der Waals surface area contributed by atoms with E-state index < -0.39 is 23.6 Å². The van der Waals surface area contributed by atoms with Crippen LogP contribution in [0, 0.1) is 0 Å². The summed E-state index contributed by atoms with van der Waals surface area (Å²) in [5, 5.41) is 5.03. The number of rotatable bonds is 5. The molecule has 0 fully saturated rings. The van der Waals surface area contributed by atoms with Gasteiger partial charge in [0, 0.05) is 12.7 Å². The summed E-state index contributed by atoms with van der Waals surface area (Å²) in [6, 6.07) is 14.9. The van der Waals surface area contributed by atoms with E-state index in [0.29, 0.717) is 11.4 Å². The van der Waals surface area contributed by atoms with E-state index in [9.17, 15) is 14.4 Å². The summed E-state index contributed by atoms with van der Waals surface area (Å²) in [4.78, 5) is 35.8. The standard InChI is InChI=1S/C20H22N2O5.H2/c1-20(2,3)27-17(23)13-21-18(24)14-8-7-9-15(12-14)22-19(25)26-16-10-5-4-6-11-16;/h4-12H,13H2,1-3H3,(H,21,24)(H,22,25);1H. The van der Waals surface area contributed by atoms with Crippen molar-refractivity contribution in [2.75, 3.05) is 11.9 Å². The fraction of sp³-hybridized carbons (Fsp3) is 0.250. The van der Waals surface area contributed by atoms with Crippen molar-refractivity contribution < 1.29 is 25.3 Å². The van der Waals surface area contributed by atoms with Crippen LogP contribution in [0.1, 0.15) is 32.6 Å². The molecule has 0 aromatic heterocycles. The van der Waals surface area contributed by atoms with E-state index in [1.165, 1.54) is 6.07 Å². The minimum absolute atomic E-state index is 0. The van der Waals surface area contributed by atoms with Crippen LogP contribution in [-0.4, -0.2) is 30.1 Å². The third kappa shape index (κ3) is 7.19. The van der Waals surface area contributed by atoms with Gasteiger partial charge >= 0.3 is 12.1 Å². The van der Waals surface area contributed by atoms with Crippen LogP contribution < -0.4 is 15.4 Å². The molecule has 0 aliphatic carbocycles. The minimum atomic E-state index is -0.674. The minimum Gasteiger partial charge on any atom is -0.459 e. The van der Waals surface area contributed by atoms with Crippen LogP contribution in [-0.2, 0) is 9.53 Å². The molecule has 0 heterocycles. The maximum Gasteiger partial charge on any atom is 0.417 e. The molecule has 2 rings (SSSR count). The van der Waals surface area contributed by atoms with Gasteiger partial charge < -0.3 is 14.8 Å². The molecule has 2 aromatic rings. The third-order valence-corrected chi connectivity index (χ3v) is 3.14. The molecule has 0 spiro atoms. The fourth-order valence-electron chi connectivity index (χ4n) is 2.11. The lowest BCUT2D eigenvalue weighted by atomic mass is 10.2. The number of nitrogens with one attached hydrogen (secondary N) is 2. The molecule has 0 radical (unpaired) electrons. The number of anilines is 1. The van der Waals surface area contributed by atoms with Crippen molar-refractivity contribution in [3.05, 3.63) is 60.2 Å². The Hall–Kier alpha value is -3.35. The molecule has 27 heavy (non-hydrogen) atoms. The number of hydrogen-bond acceptors (Lipinski definition) is 5. The van der Waals surface area contributed by atoms with E-state index in [1.54, 1.807) is 63.2 Å². The normalized spacial score (nSPS) is 10.6. The Kier molecular flexibility index (Phi) is 6.54. The zero-order valence-corrected chi connectivity index (χ0v) is 15.4. The van der Waals surface area contributed by atoms with Gasteiger partial charge in [-0.1, -0.05) is 24.3 Å². The van der Waals surface area contributed by atoms with Crippen LogP contribution in [0.15, 0.2) is 54.6 Å². The Morgan fingerprint density at radius 3 is 2.37 bits per heavy atom. The molecule has 2 N–H and O–H groups in total. The number of carbonyl (C=O) groups excluding carboxylic acids is 3. The first-order chi connectivity index (χ1) is 12.7. The van der Waals surface area contributed by atoms with E-state index in [1.807, 2.05) is 6.07 Å². The SMILES string of the molecule is CC(C)(C)OC(=O)CNC(=O)c1cccc(NC(=O)Oc2ccccc2)c1.[HH]. The van der Waals surface area contributed by atoms with E-state index >= 15 is 0 Å². The van der Waals surface area contributed by atoms with Gasteiger partial charge in [0.15, 0.2) is 0 Å². The molecule has 2 amide bonds. The molecule has 0 saturated heterocycles. The highest BCUT2D eigenvalue weighted by molar-refractivity contribution is 5.97. The average molecular weight is 372 g/mol. The molecule has 0 bridgehead atoms. The summed E-state index contributed by atoms with van der Waals surface area (Å²) in [5.41, 5.74) is 0.0574. The highest BCUT2D eigenvalue weighted by atomic mass is 16.6. The quantitative estimate of drug-likeness (QED) is 0.782. The molecule has 0 aliphatic rings. The van der Waals surface area contributed by atoms with Crippen molar-refractivity contribution in [3.63, 3.8) is 0 Å². The second kappa shape index (κ2) is 8.84. The Morgan fingerprint density at radius 2 is 1.70 bits per heavy atom. The van der Waals surface area contributed by atoms with Crippen LogP contribution in [0.5, 0.6) is 5.75 Å². The first kappa shape index (κ1) is 20.0. The van der Waals surface area contributed by atoms with Crippen LogP contribution in [0.2, 0.25) is 0 Å². The number of ether oxygens (including phenoxy) is 2. The largest absolute Gasteiger partial charge is 0.459 e. The maximum absolute atomic E-state index is 12.2. The molecule has 7 nitrogen and oxygen atoms in total. The monoisotopic (exact) mass is 372 g/mol. The molecule has 144 valence electrons. The van der Waals surface area contributed by atoms with Crippen LogP contribution in [0.25, 0.3) is 0 Å². The number of carbonyl (C=O) groups is 3. The highest BCUT2D eigenvalue weighted by Crippen LogP contribution is 2.13. The molecule has 0 saturated carbocycles. The summed E-state index contributed by atoms with van der Waals surface area (Å²) in [7, 11) is 0. The third-order valence-electron chi connectivity index (χ3n) is 3.14. The number of hydrogen-bond donors (Lipinski definition) is 2. The number of amides is 2. The maximum atomic E-state index is 12.2. The van der Waals surface area contributed by atoms with Gasteiger partial charge in [-0.15, -0.1) is 0 Å². The molecular weight excluding hydrogens is 348 g/mol. The smallest absolute Gasteiger partial charge is 0.417 e. The van der Waals surface area contributed by atoms with Crippen LogP contribution in [0.3, 0.4) is 0 Å². The second-order valence-electron chi connectivity index (χ2n) is 6.68. The molecule has 2 aromatic carbocycles. The van der Waals surface area contributed by atoms with Gasteiger partial charge in [-0.25, -0.2) is 4.79 Å². The van der Waals surface area contributed by atoms with E-state index in [4.69, 9.17) is 9.47 Å². The lowest BCUT2D eigenvalue weighted by molar-refractivity contribution is -0.153. The summed E-state index contributed by atoms with van der Waals surface area (Å²) in [6.45, 7) is 4.99. The summed E-state index contributed by atoms with van der Waals surface area (Å²) in [6.07, 6.45) is -0.674. The van der Waals surface area contributed by atoms with Crippen molar-refractivity contribution in [2.24, 2.45) is 0 Å². The van der Waals surface area contributed by atoms with Crippen LogP contribution in [0.4, 0.5) is 10.5 Å². The second-order valence-corrected chi connectivity index (χ2v) is 6.68. The summed E-state index contributed by atoms with van der Waals surface area (Å²) >= 11 is 0. The topological polar surface area (TPSA) is 93.7 Å². The van der Waals surface area contributed by atoms with Crippen molar-refractivity contribution in [1.29, 1.82) is 0 Å². The Labute approximate surface area is 159 Å². The first-order valence-corrected chi connectivity index (χ1v) is 8.37. The number of esters is 1. The first-order valence-electron chi connectivity index (χ1n) is 8.37. The number of benzene rings is 2. The molecular formula is C20H24N2O5. The average Bonchev–Trinajstić information content (AvgIpc) is 2.59. The van der Waals surface area contributed by atoms with Gasteiger partial charge in [-0.3, -0.25) is 14.9 Å². The van der Waals surface area contributed by atoms with Gasteiger partial charge in [0.1, 0.15) is 17.9 Å². The Balaban J connectivity index is 0.00000392. The fourth-order valence-corrected chi connectivity index (χ4v) is 2.11. The van der Waals surface area contributed by atoms with Gasteiger partial charge in [0.05, 0.1) is 0 Å². The zero-order valence-electron chi connectivity index (χ0n) is 15.4. The Bertz CT molecular complexity index is 819. The van der Waals surface area contributed by atoms with Gasteiger partial charge in [0.2, 0.25) is 0 Å². The van der Waals surface area contributed by atoms with Crippen molar-refractivity contribution >= 4 is 23.7 Å². The predicted octanol–water partition coefficient (Wildman–Crippen LogP) is 3.62. The predicted molar refractivity (Wildman–Crippen MR) is 103 cm³/mol. The van der Waals surface area contributed by atoms with Gasteiger partial charge in [0.25, 0.3) is 5.91 Å². The highest BCUT2D eigenvalue weighted by Gasteiger charge is 2.17. The summed E-state index contributed by atoms with van der Waals surface area (Å²) < 4.78 is 10.3. The molecule has 7 heteroatoms. The molecule has 0 unspecified atom stereocenters. The number of para-hydroxylation sites is 1. The van der Waals surface area contributed by atoms with Gasteiger partial charge in [-0.05, 0) is 51.1 Å². The lowest BCUT2D eigenvalue weighted by Gasteiger charge is -2.19. The van der Waals surface area contributed by atoms with Crippen molar-refractivity contribution in [2.45, 2.75) is 26.4 Å². The molecule has 0 aliphatic heterocycles.